The molecule has 2 rings (SSSR count). The van der Waals surface area contributed by atoms with E-state index in [9.17, 15) is 0 Å². The molecule has 0 saturated heterocycles. The quantitative estimate of drug-likeness (QED) is 0.907. The van der Waals surface area contributed by atoms with Crippen molar-refractivity contribution in [1.82, 2.24) is 4.98 Å². The van der Waals surface area contributed by atoms with Gasteiger partial charge in [-0.25, -0.2) is 4.98 Å². The highest BCUT2D eigenvalue weighted by atomic mass is 16.5. The van der Waals surface area contributed by atoms with Crippen molar-refractivity contribution in [3.8, 4) is 5.88 Å². The third kappa shape index (κ3) is 3.05. The van der Waals surface area contributed by atoms with Crippen LogP contribution in [0, 0.1) is 20.8 Å². The van der Waals surface area contributed by atoms with Crippen LogP contribution in [0.4, 0.5) is 5.69 Å². The van der Waals surface area contributed by atoms with Crippen LogP contribution in [-0.4, -0.2) is 12.1 Å². The molecule has 0 aliphatic carbocycles. The molecule has 0 bridgehead atoms. The second kappa shape index (κ2) is 5.74. The average molecular weight is 256 g/mol. The molecule has 0 saturated carbocycles. The highest BCUT2D eigenvalue weighted by Crippen LogP contribution is 2.22. The first kappa shape index (κ1) is 13.4. The predicted octanol–water partition coefficient (Wildman–Crippen LogP) is 3.63. The molecule has 3 heteroatoms. The first-order chi connectivity index (χ1) is 9.11. The van der Waals surface area contributed by atoms with Crippen LogP contribution in [0.2, 0.25) is 0 Å². The first-order valence-electron chi connectivity index (χ1n) is 6.41. The Morgan fingerprint density at radius 1 is 1.11 bits per heavy atom. The largest absolute Gasteiger partial charge is 0.480 e. The number of aryl methyl sites for hydroxylation is 3. The summed E-state index contributed by atoms with van der Waals surface area (Å²) in [5.41, 5.74) is 6.18. The van der Waals surface area contributed by atoms with Crippen molar-refractivity contribution in [3.63, 3.8) is 0 Å². The number of rotatable bonds is 4. The molecule has 0 unspecified atom stereocenters. The number of methoxy groups -OCH3 is 1. The zero-order valence-corrected chi connectivity index (χ0v) is 11.9. The van der Waals surface area contributed by atoms with E-state index >= 15 is 0 Å². The number of aromatic nitrogens is 1. The standard InChI is InChI=1S/C16H20N2O/c1-11-8-13(3)14(9-12(11)2)10-18-15-6-5-7-17-16(15)19-4/h5-9,18H,10H2,1-4H3. The maximum Gasteiger partial charge on any atom is 0.237 e. The minimum atomic E-state index is 0.629. The molecule has 100 valence electrons. The summed E-state index contributed by atoms with van der Waals surface area (Å²) in [5.74, 6) is 0.629. The van der Waals surface area contributed by atoms with Gasteiger partial charge in [-0.3, -0.25) is 0 Å². The molecule has 3 nitrogen and oxygen atoms in total. The van der Waals surface area contributed by atoms with Gasteiger partial charge in [-0.05, 0) is 55.2 Å². The van der Waals surface area contributed by atoms with E-state index in [1.165, 1.54) is 22.3 Å². The molecule has 0 aliphatic rings. The Balaban J connectivity index is 2.17. The lowest BCUT2D eigenvalue weighted by Crippen LogP contribution is -2.04. The summed E-state index contributed by atoms with van der Waals surface area (Å²) in [7, 11) is 1.63. The van der Waals surface area contributed by atoms with Crippen LogP contribution in [0.15, 0.2) is 30.5 Å². The normalized spacial score (nSPS) is 10.3. The number of benzene rings is 1. The smallest absolute Gasteiger partial charge is 0.237 e. The molecule has 0 atom stereocenters. The fourth-order valence-electron chi connectivity index (χ4n) is 2.09. The highest BCUT2D eigenvalue weighted by Gasteiger charge is 2.05. The van der Waals surface area contributed by atoms with E-state index in [4.69, 9.17) is 4.74 Å². The zero-order chi connectivity index (χ0) is 13.8. The predicted molar refractivity (Wildman–Crippen MR) is 78.8 cm³/mol. The molecule has 0 radical (unpaired) electrons. The fraction of sp³-hybridized carbons (Fsp3) is 0.312. The summed E-state index contributed by atoms with van der Waals surface area (Å²) in [5, 5.41) is 3.38. The van der Waals surface area contributed by atoms with Gasteiger partial charge in [0, 0.05) is 12.7 Å². The summed E-state index contributed by atoms with van der Waals surface area (Å²) in [6.45, 7) is 7.20. The van der Waals surface area contributed by atoms with Crippen molar-refractivity contribution >= 4 is 5.69 Å². The maximum atomic E-state index is 5.23. The van der Waals surface area contributed by atoms with Gasteiger partial charge in [0.15, 0.2) is 0 Å². The summed E-state index contributed by atoms with van der Waals surface area (Å²) >= 11 is 0. The second-order valence-electron chi connectivity index (χ2n) is 4.78. The van der Waals surface area contributed by atoms with E-state index in [2.05, 4.69) is 43.2 Å². The van der Waals surface area contributed by atoms with Crippen LogP contribution < -0.4 is 10.1 Å². The van der Waals surface area contributed by atoms with Crippen molar-refractivity contribution < 1.29 is 4.74 Å². The molecular weight excluding hydrogens is 236 g/mol. The van der Waals surface area contributed by atoms with Gasteiger partial charge in [-0.15, -0.1) is 0 Å². The number of hydrogen-bond donors (Lipinski definition) is 1. The van der Waals surface area contributed by atoms with Crippen molar-refractivity contribution in [2.24, 2.45) is 0 Å². The van der Waals surface area contributed by atoms with Crippen LogP contribution in [0.5, 0.6) is 5.88 Å². The molecule has 1 aromatic heterocycles. The third-order valence-corrected chi connectivity index (χ3v) is 3.39. The number of ether oxygens (including phenoxy) is 1. The van der Waals surface area contributed by atoms with Crippen molar-refractivity contribution in [3.05, 3.63) is 52.7 Å². The molecule has 1 N–H and O–H groups in total. The van der Waals surface area contributed by atoms with Gasteiger partial charge in [-0.1, -0.05) is 12.1 Å². The van der Waals surface area contributed by atoms with Gasteiger partial charge in [-0.2, -0.15) is 0 Å². The van der Waals surface area contributed by atoms with Gasteiger partial charge in [0.05, 0.1) is 12.8 Å². The summed E-state index contributed by atoms with van der Waals surface area (Å²) in [6.07, 6.45) is 1.73. The van der Waals surface area contributed by atoms with Crippen molar-refractivity contribution in [2.75, 3.05) is 12.4 Å². The number of nitrogens with one attached hydrogen (secondary N) is 1. The maximum absolute atomic E-state index is 5.23. The molecule has 0 spiro atoms. The molecule has 1 aromatic carbocycles. The molecule has 0 aliphatic heterocycles. The SMILES string of the molecule is COc1ncccc1NCc1cc(C)c(C)cc1C. The number of anilines is 1. The van der Waals surface area contributed by atoms with Crippen LogP contribution in [0.25, 0.3) is 0 Å². The first-order valence-corrected chi connectivity index (χ1v) is 6.41. The summed E-state index contributed by atoms with van der Waals surface area (Å²) in [4.78, 5) is 4.18. The molecule has 2 aromatic rings. The number of hydrogen-bond acceptors (Lipinski definition) is 3. The lowest BCUT2D eigenvalue weighted by atomic mass is 10.0. The second-order valence-corrected chi connectivity index (χ2v) is 4.78. The van der Waals surface area contributed by atoms with E-state index in [0.29, 0.717) is 5.88 Å². The number of nitrogens with zero attached hydrogens (tertiary/aromatic N) is 1. The van der Waals surface area contributed by atoms with Gasteiger partial charge in [0.2, 0.25) is 5.88 Å². The topological polar surface area (TPSA) is 34.1 Å². The van der Waals surface area contributed by atoms with Crippen LogP contribution in [0.3, 0.4) is 0 Å². The Morgan fingerprint density at radius 3 is 2.58 bits per heavy atom. The molecule has 1 heterocycles. The third-order valence-electron chi connectivity index (χ3n) is 3.39. The minimum absolute atomic E-state index is 0.629. The zero-order valence-electron chi connectivity index (χ0n) is 11.9. The van der Waals surface area contributed by atoms with Crippen LogP contribution in [0.1, 0.15) is 22.3 Å². The Morgan fingerprint density at radius 2 is 1.84 bits per heavy atom. The molecule has 19 heavy (non-hydrogen) atoms. The molecule has 0 fully saturated rings. The van der Waals surface area contributed by atoms with E-state index in [1.807, 2.05) is 12.1 Å². The summed E-state index contributed by atoms with van der Waals surface area (Å²) < 4.78 is 5.23. The molecule has 0 amide bonds. The van der Waals surface area contributed by atoms with Gasteiger partial charge in [0.25, 0.3) is 0 Å². The van der Waals surface area contributed by atoms with E-state index in [1.54, 1.807) is 13.3 Å². The highest BCUT2D eigenvalue weighted by molar-refractivity contribution is 5.52. The summed E-state index contributed by atoms with van der Waals surface area (Å²) in [6, 6.07) is 8.34. The van der Waals surface area contributed by atoms with Crippen LogP contribution in [-0.2, 0) is 6.54 Å². The monoisotopic (exact) mass is 256 g/mol. The Bertz CT molecular complexity index is 579. The Labute approximate surface area is 114 Å². The van der Waals surface area contributed by atoms with Gasteiger partial charge in [0.1, 0.15) is 0 Å². The van der Waals surface area contributed by atoms with Crippen molar-refractivity contribution in [1.29, 1.82) is 0 Å². The van der Waals surface area contributed by atoms with Gasteiger partial charge >= 0.3 is 0 Å². The number of pyridine rings is 1. The lowest BCUT2D eigenvalue weighted by molar-refractivity contribution is 0.399. The lowest BCUT2D eigenvalue weighted by Gasteiger charge is -2.13. The van der Waals surface area contributed by atoms with Gasteiger partial charge < -0.3 is 10.1 Å². The van der Waals surface area contributed by atoms with Crippen LogP contribution >= 0.6 is 0 Å². The minimum Gasteiger partial charge on any atom is -0.480 e. The van der Waals surface area contributed by atoms with E-state index in [-0.39, 0.29) is 0 Å². The van der Waals surface area contributed by atoms with E-state index < -0.39 is 0 Å². The fourth-order valence-corrected chi connectivity index (χ4v) is 2.09. The Kier molecular flexibility index (Phi) is 4.05. The van der Waals surface area contributed by atoms with Crippen molar-refractivity contribution in [2.45, 2.75) is 27.3 Å². The average Bonchev–Trinajstić information content (AvgIpc) is 2.41. The Hall–Kier alpha value is -2.03. The molecular formula is C16H20N2O. The van der Waals surface area contributed by atoms with E-state index in [0.717, 1.165) is 12.2 Å².